The average Bonchev–Trinajstić information content (AvgIpc) is 3.44. The summed E-state index contributed by atoms with van der Waals surface area (Å²) < 4.78 is 40.3. The van der Waals surface area contributed by atoms with Gasteiger partial charge in [0, 0.05) is 43.5 Å². The lowest BCUT2D eigenvalue weighted by Gasteiger charge is -2.23. The van der Waals surface area contributed by atoms with Crippen molar-refractivity contribution in [2.75, 3.05) is 23.7 Å². The molecule has 38 heavy (non-hydrogen) atoms. The molecule has 2 heterocycles. The van der Waals surface area contributed by atoms with E-state index in [4.69, 9.17) is 9.47 Å². The van der Waals surface area contributed by atoms with Crippen LogP contribution in [0.5, 0.6) is 5.75 Å². The van der Waals surface area contributed by atoms with Crippen LogP contribution < -0.4 is 20.8 Å². The number of carbonyl (C=O) groups is 2. The number of halogens is 2. The fourth-order valence-corrected chi connectivity index (χ4v) is 3.96. The number of hydrogen-bond acceptors (Lipinski definition) is 6. The third-order valence-electron chi connectivity index (χ3n) is 5.60. The number of urea groups is 1. The first-order chi connectivity index (χ1) is 18.0. The Balaban J connectivity index is 1.46. The van der Waals surface area contributed by atoms with Gasteiger partial charge in [0.15, 0.2) is 0 Å². The van der Waals surface area contributed by atoms with Gasteiger partial charge in [0.1, 0.15) is 29.1 Å². The van der Waals surface area contributed by atoms with Crippen molar-refractivity contribution in [1.82, 2.24) is 20.2 Å². The first-order valence-corrected chi connectivity index (χ1v) is 12.0. The summed E-state index contributed by atoms with van der Waals surface area (Å²) in [4.78, 5) is 24.6. The van der Waals surface area contributed by atoms with Gasteiger partial charge in [-0.05, 0) is 57.2 Å². The highest BCUT2D eigenvalue weighted by atomic mass is 19.1. The van der Waals surface area contributed by atoms with E-state index in [2.05, 4.69) is 21.2 Å². The number of carbonyl (C=O) groups excluding carboxylic acids is 2. The molecule has 4 rings (SSSR count). The van der Waals surface area contributed by atoms with Crippen molar-refractivity contribution >= 4 is 23.5 Å². The van der Waals surface area contributed by atoms with Crippen LogP contribution in [0.3, 0.4) is 0 Å². The van der Waals surface area contributed by atoms with Crippen LogP contribution in [-0.2, 0) is 11.8 Å². The van der Waals surface area contributed by atoms with Gasteiger partial charge >= 0.3 is 12.1 Å². The average molecular weight is 529 g/mol. The molecular formula is C26H30F2N6O4. The number of ether oxygens (including phenoxy) is 2. The molecule has 1 saturated heterocycles. The number of hydrogen-bond donors (Lipinski definition) is 3. The van der Waals surface area contributed by atoms with Gasteiger partial charge in [0.2, 0.25) is 0 Å². The summed E-state index contributed by atoms with van der Waals surface area (Å²) in [6.45, 7) is 6.43. The van der Waals surface area contributed by atoms with Gasteiger partial charge in [-0.3, -0.25) is 10.1 Å². The summed E-state index contributed by atoms with van der Waals surface area (Å²) in [5.74, 6) is -1.06. The number of aryl methyl sites for hydroxylation is 1. The number of amides is 3. The van der Waals surface area contributed by atoms with E-state index in [1.165, 1.54) is 0 Å². The third-order valence-corrected chi connectivity index (χ3v) is 5.60. The highest BCUT2D eigenvalue weighted by Gasteiger charge is 2.28. The van der Waals surface area contributed by atoms with Crippen LogP contribution in [-0.4, -0.2) is 51.7 Å². The third kappa shape index (κ3) is 6.97. The molecule has 0 aliphatic carbocycles. The molecular weight excluding hydrogens is 498 g/mol. The fraction of sp³-hybridized carbons (Fsp3) is 0.346. The van der Waals surface area contributed by atoms with E-state index in [1.807, 2.05) is 6.07 Å². The Bertz CT molecular complexity index is 1320. The van der Waals surface area contributed by atoms with Gasteiger partial charge in [-0.25, -0.2) is 23.4 Å². The maximum Gasteiger partial charge on any atom is 0.422 e. The summed E-state index contributed by atoms with van der Waals surface area (Å²) >= 11 is 0. The normalized spacial score (nSPS) is 15.7. The first kappa shape index (κ1) is 26.9. The highest BCUT2D eigenvalue weighted by Crippen LogP contribution is 2.34. The Hall–Kier alpha value is -4.19. The van der Waals surface area contributed by atoms with Gasteiger partial charge in [-0.15, -0.1) is 0 Å². The second kappa shape index (κ2) is 11.1. The maximum atomic E-state index is 13.9. The zero-order valence-electron chi connectivity index (χ0n) is 21.5. The summed E-state index contributed by atoms with van der Waals surface area (Å²) in [6, 6.07) is 9.10. The van der Waals surface area contributed by atoms with E-state index in [9.17, 15) is 18.4 Å². The molecule has 10 nitrogen and oxygen atoms in total. The second-order valence-corrected chi connectivity index (χ2v) is 9.84. The Morgan fingerprint density at radius 2 is 1.87 bits per heavy atom. The lowest BCUT2D eigenvalue weighted by Crippen LogP contribution is -2.44. The lowest BCUT2D eigenvalue weighted by atomic mass is 10.1. The van der Waals surface area contributed by atoms with Crippen LogP contribution >= 0.6 is 0 Å². The zero-order chi connectivity index (χ0) is 27.4. The van der Waals surface area contributed by atoms with Crippen LogP contribution in [0.4, 0.5) is 29.7 Å². The highest BCUT2D eigenvalue weighted by molar-refractivity contribution is 6.00. The smallest absolute Gasteiger partial charge is 0.422 e. The van der Waals surface area contributed by atoms with Crippen LogP contribution in [0.2, 0.25) is 0 Å². The van der Waals surface area contributed by atoms with Gasteiger partial charge in [-0.2, -0.15) is 5.10 Å². The van der Waals surface area contributed by atoms with Gasteiger partial charge in [0.05, 0.1) is 17.9 Å². The van der Waals surface area contributed by atoms with Crippen LogP contribution in [0.25, 0.3) is 11.3 Å². The van der Waals surface area contributed by atoms with Gasteiger partial charge in [0.25, 0.3) is 0 Å². The molecule has 3 aromatic rings. The van der Waals surface area contributed by atoms with Gasteiger partial charge < -0.3 is 20.1 Å². The van der Waals surface area contributed by atoms with E-state index in [-0.39, 0.29) is 11.8 Å². The summed E-state index contributed by atoms with van der Waals surface area (Å²) in [7, 11) is 1.78. The number of benzene rings is 2. The minimum Gasteiger partial charge on any atom is -0.488 e. The van der Waals surface area contributed by atoms with Crippen molar-refractivity contribution < 1.29 is 27.8 Å². The first-order valence-electron chi connectivity index (χ1n) is 12.0. The van der Waals surface area contributed by atoms with E-state index >= 15 is 0 Å². The minimum atomic E-state index is -0.883. The molecule has 1 fully saturated rings. The van der Waals surface area contributed by atoms with Crippen LogP contribution in [0.15, 0.2) is 48.7 Å². The van der Waals surface area contributed by atoms with Crippen molar-refractivity contribution in [3.05, 3.63) is 60.3 Å². The Morgan fingerprint density at radius 3 is 2.55 bits per heavy atom. The molecule has 0 radical (unpaired) electrons. The predicted octanol–water partition coefficient (Wildman–Crippen LogP) is 4.90. The second-order valence-electron chi connectivity index (χ2n) is 9.84. The number of hydrazine groups is 1. The molecule has 12 heteroatoms. The van der Waals surface area contributed by atoms with Crippen molar-refractivity contribution in [2.45, 2.75) is 38.9 Å². The maximum absolute atomic E-state index is 13.9. The quantitative estimate of drug-likeness (QED) is 0.420. The number of nitrogens with zero attached hydrogens (tertiary/aromatic N) is 3. The molecule has 0 spiro atoms. The number of nitrogens with one attached hydrogen (secondary N) is 3. The van der Waals surface area contributed by atoms with E-state index in [0.717, 1.165) is 17.8 Å². The molecule has 1 aromatic heterocycles. The summed E-state index contributed by atoms with van der Waals surface area (Å²) in [6.07, 6.45) is 1.58. The fourth-order valence-electron chi connectivity index (χ4n) is 3.96. The minimum absolute atomic E-state index is 0.151. The topological polar surface area (TPSA) is 110 Å². The molecule has 1 atom stereocenters. The van der Waals surface area contributed by atoms with Crippen molar-refractivity contribution in [3.8, 4) is 17.0 Å². The summed E-state index contributed by atoms with van der Waals surface area (Å²) in [5.41, 5.74) is 3.83. The SMILES string of the molecule is Cn1nccc1-c1cc(NC(=O)Nc2ccc(F)cc2F)ccc1O[C@@H]1CCN(NC(=O)OC(C)(C)C)C1. The van der Waals surface area contributed by atoms with Crippen LogP contribution in [0.1, 0.15) is 27.2 Å². The summed E-state index contributed by atoms with van der Waals surface area (Å²) in [5, 5.41) is 11.0. The molecule has 202 valence electrons. The molecule has 1 aliphatic rings. The van der Waals surface area contributed by atoms with E-state index < -0.39 is 29.4 Å². The molecule has 2 aromatic carbocycles. The van der Waals surface area contributed by atoms with Crippen LogP contribution in [0, 0.1) is 11.6 Å². The van der Waals surface area contributed by atoms with Crippen molar-refractivity contribution in [3.63, 3.8) is 0 Å². The predicted molar refractivity (Wildman–Crippen MR) is 138 cm³/mol. The Morgan fingerprint density at radius 1 is 1.08 bits per heavy atom. The molecule has 3 N–H and O–H groups in total. The monoisotopic (exact) mass is 528 g/mol. The zero-order valence-corrected chi connectivity index (χ0v) is 21.5. The molecule has 1 aliphatic heterocycles. The lowest BCUT2D eigenvalue weighted by molar-refractivity contribution is 0.0352. The number of aromatic nitrogens is 2. The molecule has 0 saturated carbocycles. The standard InChI is InChI=1S/C26H30F2N6O4/c1-26(2,3)38-25(36)32-34-12-10-18(15-34)37-23-8-6-17(14-19(23)22-9-11-29-33(22)4)30-24(35)31-21-7-5-16(27)13-20(21)28/h5-9,11,13-14,18H,10,12,15H2,1-4H3,(H,32,36)(H2,30,31,35)/t18-/m1/s1. The van der Waals surface area contributed by atoms with Crippen molar-refractivity contribution in [1.29, 1.82) is 0 Å². The molecule has 0 bridgehead atoms. The number of rotatable bonds is 6. The Labute approximate surface area is 218 Å². The van der Waals surface area contributed by atoms with E-state index in [1.54, 1.807) is 61.9 Å². The van der Waals surface area contributed by atoms with Crippen molar-refractivity contribution in [2.24, 2.45) is 7.05 Å². The molecule has 3 amide bonds. The van der Waals surface area contributed by atoms with E-state index in [0.29, 0.717) is 42.6 Å². The molecule has 0 unspecified atom stereocenters. The number of anilines is 2. The van der Waals surface area contributed by atoms with Gasteiger partial charge in [-0.1, -0.05) is 0 Å². The Kier molecular flexibility index (Phi) is 7.81. The largest absolute Gasteiger partial charge is 0.488 e.